The molecule has 0 aliphatic carbocycles. The van der Waals surface area contributed by atoms with Crippen LogP contribution in [0.25, 0.3) is 45.9 Å². The molecule has 0 saturated carbocycles. The predicted molar refractivity (Wildman–Crippen MR) is 138 cm³/mol. The number of carbonyl (C=O) groups is 1. The molecule has 1 aromatic carbocycles. The van der Waals surface area contributed by atoms with Crippen LogP contribution in [-0.4, -0.2) is 43.2 Å². The molecule has 0 fully saturated rings. The lowest BCUT2D eigenvalue weighted by molar-refractivity contribution is 0.0697. The highest BCUT2D eigenvalue weighted by Crippen LogP contribution is 2.29. The van der Waals surface area contributed by atoms with Crippen molar-refractivity contribution in [1.29, 1.82) is 0 Å². The summed E-state index contributed by atoms with van der Waals surface area (Å²) in [5.41, 5.74) is 9.24. The molecule has 0 spiro atoms. The van der Waals surface area contributed by atoms with E-state index >= 15 is 0 Å². The molecule has 0 unspecified atom stereocenters. The number of carboxylic acids is 1. The van der Waals surface area contributed by atoms with E-state index < -0.39 is 5.97 Å². The number of aromatic nitrogens is 4. The molecular formula is C28H22N4O3. The van der Waals surface area contributed by atoms with Crippen molar-refractivity contribution in [2.24, 2.45) is 0 Å². The Morgan fingerprint density at radius 1 is 0.686 bits per heavy atom. The minimum Gasteiger partial charge on any atom is -0.478 e. The molecule has 7 nitrogen and oxygen atoms in total. The number of nitrogens with zero attached hydrogens (tertiary/aromatic N) is 2. The van der Waals surface area contributed by atoms with Crippen molar-refractivity contribution in [3.63, 3.8) is 0 Å². The molecule has 0 radical (unpaired) electrons. The second-order valence-corrected chi connectivity index (χ2v) is 7.97. The topological polar surface area (TPSA) is 115 Å². The highest BCUT2D eigenvalue weighted by molar-refractivity contribution is 5.95. The van der Waals surface area contributed by atoms with E-state index in [2.05, 4.69) is 15.0 Å². The molecule has 0 saturated heterocycles. The number of benzene rings is 1. The van der Waals surface area contributed by atoms with Crippen molar-refractivity contribution in [2.45, 2.75) is 0 Å². The van der Waals surface area contributed by atoms with Crippen LogP contribution < -0.4 is 0 Å². The van der Waals surface area contributed by atoms with Gasteiger partial charge in [0.25, 0.3) is 0 Å². The van der Waals surface area contributed by atoms with Gasteiger partial charge in [0, 0.05) is 34.7 Å². The van der Waals surface area contributed by atoms with Crippen molar-refractivity contribution in [1.82, 2.24) is 19.9 Å². The van der Waals surface area contributed by atoms with E-state index in [1.165, 1.54) is 0 Å². The fraction of sp³-hybridized carbons (Fsp3) is 0.0357. The maximum Gasteiger partial charge on any atom is 0.335 e. The first-order chi connectivity index (χ1) is 17.1. The number of aliphatic hydroxyl groups is 1. The number of hydrogen-bond donors (Lipinski definition) is 4. The Bertz CT molecular complexity index is 1640. The van der Waals surface area contributed by atoms with Crippen LogP contribution in [0, 0.1) is 0 Å². The summed E-state index contributed by atoms with van der Waals surface area (Å²) in [6.07, 6.45) is 6.01. The van der Waals surface area contributed by atoms with Crippen molar-refractivity contribution in [2.75, 3.05) is 7.11 Å². The molecule has 2 aliphatic rings. The number of H-pyrrole nitrogens is 2. The third-order valence-corrected chi connectivity index (χ3v) is 5.61. The van der Waals surface area contributed by atoms with Gasteiger partial charge in [0.15, 0.2) is 0 Å². The molecule has 5 heterocycles. The third-order valence-electron chi connectivity index (χ3n) is 5.61. The van der Waals surface area contributed by atoms with Crippen LogP contribution in [0.2, 0.25) is 0 Å². The first-order valence-corrected chi connectivity index (χ1v) is 11.0. The molecule has 172 valence electrons. The van der Waals surface area contributed by atoms with Crippen LogP contribution in [0.5, 0.6) is 0 Å². The Morgan fingerprint density at radius 3 is 1.74 bits per heavy atom. The zero-order valence-corrected chi connectivity index (χ0v) is 18.9. The van der Waals surface area contributed by atoms with Gasteiger partial charge in [-0.3, -0.25) is 0 Å². The van der Waals surface area contributed by atoms with Crippen LogP contribution in [0.3, 0.4) is 0 Å². The van der Waals surface area contributed by atoms with Crippen LogP contribution in [0.15, 0.2) is 72.8 Å². The largest absolute Gasteiger partial charge is 0.478 e. The predicted octanol–water partition coefficient (Wildman–Crippen LogP) is 5.38. The van der Waals surface area contributed by atoms with Gasteiger partial charge in [0.05, 0.1) is 28.3 Å². The van der Waals surface area contributed by atoms with Crippen LogP contribution >= 0.6 is 0 Å². The van der Waals surface area contributed by atoms with E-state index in [0.29, 0.717) is 0 Å². The van der Waals surface area contributed by atoms with Gasteiger partial charge in [0.2, 0.25) is 0 Å². The molecule has 35 heavy (non-hydrogen) atoms. The Labute approximate surface area is 200 Å². The van der Waals surface area contributed by atoms with Gasteiger partial charge >= 0.3 is 5.97 Å². The van der Waals surface area contributed by atoms with Crippen LogP contribution in [-0.2, 0) is 0 Å². The van der Waals surface area contributed by atoms with Crippen molar-refractivity contribution in [3.05, 3.63) is 107 Å². The SMILES string of the molecule is CO.O=C(O)c1ccc(C2=Cc3cc4ccc(cc5nc(cc6ccc(cc2n3)[nH]6)C=C5)[nH]4)cc1. The Morgan fingerprint density at radius 2 is 1.20 bits per heavy atom. The normalized spacial score (nSPS) is 12.0. The maximum atomic E-state index is 11.2. The van der Waals surface area contributed by atoms with Crippen LogP contribution in [0.1, 0.15) is 38.7 Å². The lowest BCUT2D eigenvalue weighted by atomic mass is 10.0. The molecule has 3 aromatic heterocycles. The summed E-state index contributed by atoms with van der Waals surface area (Å²) in [5, 5.41) is 16.2. The van der Waals surface area contributed by atoms with Gasteiger partial charge < -0.3 is 20.2 Å². The quantitative estimate of drug-likeness (QED) is 0.276. The van der Waals surface area contributed by atoms with E-state index in [9.17, 15) is 9.90 Å². The average molecular weight is 463 g/mol. The maximum absolute atomic E-state index is 11.2. The highest BCUT2D eigenvalue weighted by atomic mass is 16.4. The summed E-state index contributed by atoms with van der Waals surface area (Å²) in [7, 11) is 1.00. The fourth-order valence-electron chi connectivity index (χ4n) is 4.04. The molecule has 7 heteroatoms. The van der Waals surface area contributed by atoms with Crippen molar-refractivity contribution >= 4 is 51.8 Å². The number of rotatable bonds is 2. The zero-order valence-electron chi connectivity index (χ0n) is 18.9. The van der Waals surface area contributed by atoms with E-state index in [-0.39, 0.29) is 5.56 Å². The second kappa shape index (κ2) is 9.24. The Kier molecular flexibility index (Phi) is 5.83. The molecule has 8 bridgehead atoms. The average Bonchev–Trinajstić information content (AvgIpc) is 3.66. The Balaban J connectivity index is 0.00000124. The highest BCUT2D eigenvalue weighted by Gasteiger charge is 2.13. The lowest BCUT2D eigenvalue weighted by Crippen LogP contribution is -1.96. The monoisotopic (exact) mass is 462 g/mol. The number of aromatic carboxylic acids is 1. The molecule has 2 aliphatic heterocycles. The van der Waals surface area contributed by atoms with Crippen molar-refractivity contribution in [3.8, 4) is 0 Å². The minimum absolute atomic E-state index is 0.255. The van der Waals surface area contributed by atoms with E-state index in [0.717, 1.165) is 63.1 Å². The number of aliphatic hydroxyl groups excluding tert-OH is 1. The Hall–Kier alpha value is -4.75. The molecule has 6 rings (SSSR count). The van der Waals surface area contributed by atoms with Crippen LogP contribution in [0.4, 0.5) is 0 Å². The molecule has 4 N–H and O–H groups in total. The van der Waals surface area contributed by atoms with Crippen molar-refractivity contribution < 1.29 is 15.0 Å². The van der Waals surface area contributed by atoms with E-state index in [1.54, 1.807) is 12.1 Å². The second-order valence-electron chi connectivity index (χ2n) is 7.97. The smallest absolute Gasteiger partial charge is 0.335 e. The van der Waals surface area contributed by atoms with E-state index in [1.807, 2.05) is 78.9 Å². The standard InChI is InChI=1S/C27H18N4O2.CH4O/c32-27(33)17-3-1-16(2-4-17)25-14-24-13-22-8-7-20(29-22)11-18-5-6-19(28-18)12-21-9-10-23(30-21)15-26(25)31-24;1-2/h1-15,29-30H,(H,32,33);2H,1H3. The summed E-state index contributed by atoms with van der Waals surface area (Å²) in [5.74, 6) is -0.943. The summed E-state index contributed by atoms with van der Waals surface area (Å²) in [6, 6.07) is 22.9. The van der Waals surface area contributed by atoms with Gasteiger partial charge in [-0.05, 0) is 84.5 Å². The molecule has 0 atom stereocenters. The van der Waals surface area contributed by atoms with Gasteiger partial charge in [-0.15, -0.1) is 0 Å². The van der Waals surface area contributed by atoms with E-state index in [4.69, 9.17) is 10.1 Å². The van der Waals surface area contributed by atoms with Gasteiger partial charge in [-0.2, -0.15) is 0 Å². The minimum atomic E-state index is -0.943. The number of fused-ring (bicyclic) bond motifs is 8. The third kappa shape index (κ3) is 4.66. The molecule has 4 aromatic rings. The molecular weight excluding hydrogens is 440 g/mol. The summed E-state index contributed by atoms with van der Waals surface area (Å²) in [4.78, 5) is 27.6. The number of nitrogens with one attached hydrogen (secondary N) is 2. The van der Waals surface area contributed by atoms with Gasteiger partial charge in [0.1, 0.15) is 0 Å². The number of aromatic amines is 2. The first-order valence-electron chi connectivity index (χ1n) is 11.0. The zero-order chi connectivity index (χ0) is 24.4. The summed E-state index contributed by atoms with van der Waals surface area (Å²) >= 11 is 0. The van der Waals surface area contributed by atoms with Gasteiger partial charge in [-0.25, -0.2) is 14.8 Å². The number of hydrogen-bond acceptors (Lipinski definition) is 4. The number of carboxylic acid groups (broad SMARTS) is 1. The fourth-order valence-corrected chi connectivity index (χ4v) is 4.04. The summed E-state index contributed by atoms with van der Waals surface area (Å²) in [6.45, 7) is 0. The van der Waals surface area contributed by atoms with Gasteiger partial charge in [-0.1, -0.05) is 12.1 Å². The first kappa shape index (κ1) is 22.1. The lowest BCUT2D eigenvalue weighted by Gasteiger charge is -2.03. The summed E-state index contributed by atoms with van der Waals surface area (Å²) < 4.78 is 0. The molecule has 0 amide bonds.